The highest BCUT2D eigenvalue weighted by Gasteiger charge is 2.19. The van der Waals surface area contributed by atoms with Crippen LogP contribution in [0.1, 0.15) is 30.1 Å². The first kappa shape index (κ1) is 15.1. The SMILES string of the molecule is CCCC(O)CNS(=O)(=O)c1cc(C(=O)O)cs1. The molecule has 0 amide bonds. The predicted octanol–water partition coefficient (Wildman–Crippen LogP) is 0.886. The summed E-state index contributed by atoms with van der Waals surface area (Å²) in [6, 6.07) is 1.10. The van der Waals surface area contributed by atoms with Gasteiger partial charge in [0.1, 0.15) is 4.21 Å². The highest BCUT2D eigenvalue weighted by Crippen LogP contribution is 2.20. The summed E-state index contributed by atoms with van der Waals surface area (Å²) in [5.74, 6) is -1.17. The number of carboxylic acids is 1. The number of thiophene rings is 1. The van der Waals surface area contributed by atoms with E-state index < -0.39 is 22.1 Å². The van der Waals surface area contributed by atoms with E-state index in [1.165, 1.54) is 5.38 Å². The molecule has 1 heterocycles. The lowest BCUT2D eigenvalue weighted by atomic mass is 10.2. The van der Waals surface area contributed by atoms with E-state index in [2.05, 4.69) is 4.72 Å². The number of rotatable bonds is 7. The molecule has 6 nitrogen and oxygen atoms in total. The van der Waals surface area contributed by atoms with Gasteiger partial charge in [-0.3, -0.25) is 0 Å². The Morgan fingerprint density at radius 2 is 2.22 bits per heavy atom. The fourth-order valence-corrected chi connectivity index (χ4v) is 3.55. The molecule has 102 valence electrons. The molecule has 18 heavy (non-hydrogen) atoms. The van der Waals surface area contributed by atoms with E-state index in [9.17, 15) is 18.3 Å². The van der Waals surface area contributed by atoms with Crippen molar-refractivity contribution >= 4 is 27.3 Å². The van der Waals surface area contributed by atoms with Gasteiger partial charge in [0, 0.05) is 11.9 Å². The Morgan fingerprint density at radius 3 is 2.72 bits per heavy atom. The average Bonchev–Trinajstić information content (AvgIpc) is 2.77. The zero-order valence-electron chi connectivity index (χ0n) is 9.79. The molecule has 0 aliphatic heterocycles. The quantitative estimate of drug-likeness (QED) is 0.692. The number of hydrogen-bond donors (Lipinski definition) is 3. The van der Waals surface area contributed by atoms with Crippen molar-refractivity contribution in [1.29, 1.82) is 0 Å². The van der Waals surface area contributed by atoms with Crippen LogP contribution in [0.15, 0.2) is 15.7 Å². The minimum atomic E-state index is -3.74. The Labute approximate surface area is 109 Å². The minimum Gasteiger partial charge on any atom is -0.478 e. The molecule has 0 saturated heterocycles. The van der Waals surface area contributed by atoms with Crippen molar-refractivity contribution in [1.82, 2.24) is 4.72 Å². The Morgan fingerprint density at radius 1 is 1.56 bits per heavy atom. The molecule has 1 atom stereocenters. The smallest absolute Gasteiger partial charge is 0.336 e. The molecule has 0 bridgehead atoms. The fraction of sp³-hybridized carbons (Fsp3) is 0.500. The van der Waals surface area contributed by atoms with Crippen LogP contribution in [0.2, 0.25) is 0 Å². The van der Waals surface area contributed by atoms with Crippen LogP contribution in [-0.2, 0) is 10.0 Å². The van der Waals surface area contributed by atoms with Crippen LogP contribution in [-0.4, -0.2) is 37.2 Å². The van der Waals surface area contributed by atoms with E-state index in [-0.39, 0.29) is 16.3 Å². The molecule has 0 aromatic carbocycles. The zero-order valence-corrected chi connectivity index (χ0v) is 11.4. The monoisotopic (exact) mass is 293 g/mol. The van der Waals surface area contributed by atoms with Gasteiger partial charge in [-0.2, -0.15) is 0 Å². The van der Waals surface area contributed by atoms with Gasteiger partial charge in [-0.05, 0) is 12.5 Å². The molecule has 0 aliphatic rings. The fourth-order valence-electron chi connectivity index (χ4n) is 1.28. The zero-order chi connectivity index (χ0) is 13.8. The first-order valence-electron chi connectivity index (χ1n) is 5.36. The number of nitrogens with one attached hydrogen (secondary N) is 1. The summed E-state index contributed by atoms with van der Waals surface area (Å²) in [5, 5.41) is 19.4. The van der Waals surface area contributed by atoms with Gasteiger partial charge >= 0.3 is 5.97 Å². The van der Waals surface area contributed by atoms with Crippen molar-refractivity contribution in [2.75, 3.05) is 6.54 Å². The Hall–Kier alpha value is -0.960. The Kier molecular flexibility index (Phi) is 5.27. The van der Waals surface area contributed by atoms with Gasteiger partial charge in [0.05, 0.1) is 11.7 Å². The summed E-state index contributed by atoms with van der Waals surface area (Å²) < 4.78 is 25.7. The maximum atomic E-state index is 11.8. The number of aromatic carboxylic acids is 1. The third-order valence-corrected chi connectivity index (χ3v) is 5.08. The molecule has 3 N–H and O–H groups in total. The first-order chi connectivity index (χ1) is 8.36. The van der Waals surface area contributed by atoms with Gasteiger partial charge in [0.2, 0.25) is 10.0 Å². The topological polar surface area (TPSA) is 104 Å². The van der Waals surface area contributed by atoms with Crippen LogP contribution in [0.3, 0.4) is 0 Å². The standard InChI is InChI=1S/C10H15NO5S2/c1-2-3-8(12)5-11-18(15,16)9-4-7(6-17-9)10(13)14/h4,6,8,11-12H,2-3,5H2,1H3,(H,13,14). The van der Waals surface area contributed by atoms with Crippen LogP contribution < -0.4 is 4.72 Å². The predicted molar refractivity (Wildman–Crippen MR) is 67.4 cm³/mol. The molecule has 1 rings (SSSR count). The number of carbonyl (C=O) groups is 1. The largest absolute Gasteiger partial charge is 0.478 e. The summed E-state index contributed by atoms with van der Waals surface area (Å²) in [4.78, 5) is 10.6. The van der Waals surface area contributed by atoms with Crippen LogP contribution in [0.5, 0.6) is 0 Å². The van der Waals surface area contributed by atoms with Crippen LogP contribution in [0.25, 0.3) is 0 Å². The van der Waals surface area contributed by atoms with E-state index in [0.717, 1.165) is 23.8 Å². The number of aliphatic hydroxyl groups is 1. The van der Waals surface area contributed by atoms with Gasteiger partial charge in [0.15, 0.2) is 0 Å². The van der Waals surface area contributed by atoms with E-state index in [1.807, 2.05) is 6.92 Å². The Bertz CT molecular complexity index is 508. The van der Waals surface area contributed by atoms with E-state index in [4.69, 9.17) is 5.11 Å². The van der Waals surface area contributed by atoms with Gasteiger partial charge < -0.3 is 10.2 Å². The molecule has 1 aromatic rings. The van der Waals surface area contributed by atoms with Crippen molar-refractivity contribution < 1.29 is 23.4 Å². The van der Waals surface area contributed by atoms with Crippen molar-refractivity contribution in [3.05, 3.63) is 17.0 Å². The lowest BCUT2D eigenvalue weighted by Crippen LogP contribution is -2.31. The molecule has 0 spiro atoms. The molecule has 1 aromatic heterocycles. The van der Waals surface area contributed by atoms with Gasteiger partial charge in [-0.25, -0.2) is 17.9 Å². The van der Waals surface area contributed by atoms with Crippen molar-refractivity contribution in [2.24, 2.45) is 0 Å². The lowest BCUT2D eigenvalue weighted by Gasteiger charge is -2.09. The molecular weight excluding hydrogens is 278 g/mol. The number of sulfonamides is 1. The maximum Gasteiger partial charge on any atom is 0.336 e. The molecule has 0 saturated carbocycles. The van der Waals surface area contributed by atoms with Gasteiger partial charge in [-0.1, -0.05) is 13.3 Å². The minimum absolute atomic E-state index is 0.0607. The highest BCUT2D eigenvalue weighted by molar-refractivity contribution is 7.91. The second kappa shape index (κ2) is 6.28. The first-order valence-corrected chi connectivity index (χ1v) is 7.72. The normalized spacial score (nSPS) is 13.4. The summed E-state index contributed by atoms with van der Waals surface area (Å²) in [6.07, 6.45) is 0.530. The second-order valence-electron chi connectivity index (χ2n) is 3.75. The van der Waals surface area contributed by atoms with E-state index in [1.54, 1.807) is 0 Å². The second-order valence-corrected chi connectivity index (χ2v) is 6.66. The van der Waals surface area contributed by atoms with Crippen molar-refractivity contribution in [2.45, 2.75) is 30.1 Å². The summed E-state index contributed by atoms with van der Waals surface area (Å²) >= 11 is 0.837. The summed E-state index contributed by atoms with van der Waals surface area (Å²) in [6.45, 7) is 1.81. The van der Waals surface area contributed by atoms with Crippen LogP contribution >= 0.6 is 11.3 Å². The molecule has 1 unspecified atom stereocenters. The Balaban J connectivity index is 2.71. The third kappa shape index (κ3) is 4.05. The third-order valence-electron chi connectivity index (χ3n) is 2.22. The van der Waals surface area contributed by atoms with Crippen molar-refractivity contribution in [3.8, 4) is 0 Å². The van der Waals surface area contributed by atoms with Crippen LogP contribution in [0.4, 0.5) is 0 Å². The molecule has 0 radical (unpaired) electrons. The van der Waals surface area contributed by atoms with Gasteiger partial charge in [0.25, 0.3) is 0 Å². The maximum absolute atomic E-state index is 11.8. The number of hydrogen-bond acceptors (Lipinski definition) is 5. The molecular formula is C10H15NO5S2. The van der Waals surface area contributed by atoms with E-state index in [0.29, 0.717) is 6.42 Å². The van der Waals surface area contributed by atoms with E-state index >= 15 is 0 Å². The average molecular weight is 293 g/mol. The highest BCUT2D eigenvalue weighted by atomic mass is 32.2. The summed E-state index contributed by atoms with van der Waals surface area (Å²) in [5.41, 5.74) is -0.0607. The number of carboxylic acid groups (broad SMARTS) is 1. The van der Waals surface area contributed by atoms with Gasteiger partial charge in [-0.15, -0.1) is 11.3 Å². The van der Waals surface area contributed by atoms with Crippen LogP contribution in [0, 0.1) is 0 Å². The molecule has 0 aliphatic carbocycles. The molecule has 0 fully saturated rings. The lowest BCUT2D eigenvalue weighted by molar-refractivity contribution is 0.0697. The number of aliphatic hydroxyl groups excluding tert-OH is 1. The molecule has 8 heteroatoms. The summed E-state index contributed by atoms with van der Waals surface area (Å²) in [7, 11) is -3.74. The van der Waals surface area contributed by atoms with Crippen molar-refractivity contribution in [3.63, 3.8) is 0 Å².